The molecule has 0 fully saturated rings. The lowest BCUT2D eigenvalue weighted by Gasteiger charge is -2.25. The summed E-state index contributed by atoms with van der Waals surface area (Å²) in [7, 11) is 0. The molecule has 0 bridgehead atoms. The van der Waals surface area contributed by atoms with E-state index < -0.39 is 0 Å². The number of carbonyl (C=O) groups is 1. The summed E-state index contributed by atoms with van der Waals surface area (Å²) in [6.07, 6.45) is 7.40. The van der Waals surface area contributed by atoms with Crippen LogP contribution >= 0.6 is 11.8 Å². The molecular weight excluding hydrogens is 294 g/mol. The van der Waals surface area contributed by atoms with Gasteiger partial charge < -0.3 is 10.1 Å². The van der Waals surface area contributed by atoms with E-state index in [1.54, 1.807) is 0 Å². The molecule has 0 aromatic heterocycles. The summed E-state index contributed by atoms with van der Waals surface area (Å²) in [6, 6.07) is 0. The standard InChI is InChI=1S/C18H37NO2S/c1-6-16(7-2)21-14-11-13-19-17(20)12-10-15-22-18(5,8-3)9-4/h16H,6-15H2,1-5H3,(H,19,20). The molecule has 0 aliphatic rings. The van der Waals surface area contributed by atoms with Crippen LogP contribution in [0.3, 0.4) is 0 Å². The summed E-state index contributed by atoms with van der Waals surface area (Å²) in [5.41, 5.74) is 0. The van der Waals surface area contributed by atoms with Gasteiger partial charge in [0.25, 0.3) is 0 Å². The van der Waals surface area contributed by atoms with Gasteiger partial charge >= 0.3 is 0 Å². The van der Waals surface area contributed by atoms with E-state index in [1.165, 1.54) is 12.8 Å². The second-order valence-electron chi connectivity index (χ2n) is 6.12. The monoisotopic (exact) mass is 331 g/mol. The van der Waals surface area contributed by atoms with Gasteiger partial charge in [0.2, 0.25) is 5.91 Å². The van der Waals surface area contributed by atoms with E-state index in [9.17, 15) is 4.79 Å². The van der Waals surface area contributed by atoms with E-state index in [-0.39, 0.29) is 5.91 Å². The lowest BCUT2D eigenvalue weighted by atomic mass is 10.1. The number of carbonyl (C=O) groups excluding carboxylic acids is 1. The molecule has 0 aromatic rings. The molecule has 0 aliphatic carbocycles. The summed E-state index contributed by atoms with van der Waals surface area (Å²) in [4.78, 5) is 11.8. The minimum Gasteiger partial charge on any atom is -0.378 e. The normalized spacial score (nSPS) is 11.9. The summed E-state index contributed by atoms with van der Waals surface area (Å²) in [5, 5.41) is 2.99. The summed E-state index contributed by atoms with van der Waals surface area (Å²) in [6.45, 7) is 12.6. The minimum atomic E-state index is 0.179. The first-order valence-electron chi connectivity index (χ1n) is 9.03. The number of hydrogen-bond donors (Lipinski definition) is 1. The average molecular weight is 332 g/mol. The lowest BCUT2D eigenvalue weighted by molar-refractivity contribution is -0.121. The highest BCUT2D eigenvalue weighted by Gasteiger charge is 2.19. The maximum absolute atomic E-state index is 11.8. The summed E-state index contributed by atoms with van der Waals surface area (Å²) in [5.74, 6) is 1.25. The largest absolute Gasteiger partial charge is 0.378 e. The van der Waals surface area contributed by atoms with Gasteiger partial charge in [0.1, 0.15) is 0 Å². The van der Waals surface area contributed by atoms with Crippen molar-refractivity contribution in [2.75, 3.05) is 18.9 Å². The third-order valence-electron chi connectivity index (χ3n) is 4.40. The zero-order chi connectivity index (χ0) is 16.8. The van der Waals surface area contributed by atoms with Crippen LogP contribution < -0.4 is 5.32 Å². The van der Waals surface area contributed by atoms with Gasteiger partial charge in [-0.25, -0.2) is 0 Å². The Morgan fingerprint density at radius 3 is 2.32 bits per heavy atom. The van der Waals surface area contributed by atoms with E-state index >= 15 is 0 Å². The van der Waals surface area contributed by atoms with Gasteiger partial charge in [0.15, 0.2) is 0 Å². The second kappa shape index (κ2) is 13.2. The molecule has 0 aliphatic heterocycles. The van der Waals surface area contributed by atoms with Crippen molar-refractivity contribution in [2.45, 2.75) is 90.4 Å². The van der Waals surface area contributed by atoms with Crippen molar-refractivity contribution in [3.63, 3.8) is 0 Å². The third-order valence-corrected chi connectivity index (χ3v) is 6.17. The van der Waals surface area contributed by atoms with Crippen LogP contribution in [0.25, 0.3) is 0 Å². The van der Waals surface area contributed by atoms with Crippen molar-refractivity contribution in [3.8, 4) is 0 Å². The first kappa shape index (κ1) is 21.8. The minimum absolute atomic E-state index is 0.179. The predicted molar refractivity (Wildman–Crippen MR) is 98.6 cm³/mol. The molecular formula is C18H37NO2S. The maximum atomic E-state index is 11.8. The number of ether oxygens (including phenoxy) is 1. The number of thioether (sulfide) groups is 1. The van der Waals surface area contributed by atoms with Crippen LogP contribution in [0.4, 0.5) is 0 Å². The van der Waals surface area contributed by atoms with E-state index in [0.29, 0.717) is 17.3 Å². The molecule has 4 heteroatoms. The van der Waals surface area contributed by atoms with E-state index in [2.05, 4.69) is 39.9 Å². The Balaban J connectivity index is 3.55. The topological polar surface area (TPSA) is 38.3 Å². The lowest BCUT2D eigenvalue weighted by Crippen LogP contribution is -2.26. The van der Waals surface area contributed by atoms with Crippen LogP contribution in [0.2, 0.25) is 0 Å². The molecule has 3 nitrogen and oxygen atoms in total. The third kappa shape index (κ3) is 10.5. The number of rotatable bonds is 14. The second-order valence-corrected chi connectivity index (χ2v) is 7.80. The van der Waals surface area contributed by atoms with Gasteiger partial charge in [0.05, 0.1) is 6.10 Å². The van der Waals surface area contributed by atoms with Gasteiger partial charge in [-0.2, -0.15) is 11.8 Å². The predicted octanol–water partition coefficient (Wildman–Crippen LogP) is 4.79. The van der Waals surface area contributed by atoms with Gasteiger partial charge in [0, 0.05) is 24.3 Å². The van der Waals surface area contributed by atoms with Crippen molar-refractivity contribution >= 4 is 17.7 Å². The van der Waals surface area contributed by atoms with Crippen LogP contribution in [-0.2, 0) is 9.53 Å². The molecule has 1 amide bonds. The van der Waals surface area contributed by atoms with Crippen LogP contribution in [-0.4, -0.2) is 35.7 Å². The Bertz CT molecular complexity index is 276. The fourth-order valence-electron chi connectivity index (χ4n) is 2.17. The van der Waals surface area contributed by atoms with Crippen LogP contribution in [0, 0.1) is 0 Å². The molecule has 0 radical (unpaired) electrons. The van der Waals surface area contributed by atoms with Gasteiger partial charge in [-0.3, -0.25) is 4.79 Å². The van der Waals surface area contributed by atoms with Crippen molar-refractivity contribution < 1.29 is 9.53 Å². The zero-order valence-electron chi connectivity index (χ0n) is 15.4. The summed E-state index contributed by atoms with van der Waals surface area (Å²) < 4.78 is 6.11. The Hall–Kier alpha value is -0.220. The molecule has 0 rings (SSSR count). The average Bonchev–Trinajstić information content (AvgIpc) is 2.54. The highest BCUT2D eigenvalue weighted by atomic mass is 32.2. The Labute approximate surface area is 142 Å². The van der Waals surface area contributed by atoms with Gasteiger partial charge in [-0.15, -0.1) is 0 Å². The Morgan fingerprint density at radius 2 is 1.77 bits per heavy atom. The van der Waals surface area contributed by atoms with Crippen LogP contribution in [0.5, 0.6) is 0 Å². The van der Waals surface area contributed by atoms with Crippen LogP contribution in [0.1, 0.15) is 79.6 Å². The molecule has 0 saturated heterocycles. The van der Waals surface area contributed by atoms with Crippen molar-refractivity contribution in [3.05, 3.63) is 0 Å². The molecule has 22 heavy (non-hydrogen) atoms. The highest BCUT2D eigenvalue weighted by molar-refractivity contribution is 8.00. The number of amides is 1. The van der Waals surface area contributed by atoms with Gasteiger partial charge in [-0.05, 0) is 44.3 Å². The summed E-state index contributed by atoms with van der Waals surface area (Å²) >= 11 is 2.01. The smallest absolute Gasteiger partial charge is 0.220 e. The van der Waals surface area contributed by atoms with Crippen LogP contribution in [0.15, 0.2) is 0 Å². The SMILES string of the molecule is CCC(CC)OCCCNC(=O)CCCSC(C)(CC)CC. The van der Waals surface area contributed by atoms with Crippen molar-refractivity contribution in [2.24, 2.45) is 0 Å². The molecule has 0 heterocycles. The maximum Gasteiger partial charge on any atom is 0.220 e. The molecule has 0 saturated carbocycles. The van der Waals surface area contributed by atoms with Gasteiger partial charge in [-0.1, -0.05) is 34.6 Å². The zero-order valence-corrected chi connectivity index (χ0v) is 16.2. The first-order valence-corrected chi connectivity index (χ1v) is 10.0. The number of nitrogens with one attached hydrogen (secondary N) is 1. The molecule has 1 N–H and O–H groups in total. The van der Waals surface area contributed by atoms with E-state index in [0.717, 1.165) is 44.6 Å². The molecule has 0 spiro atoms. The Morgan fingerprint density at radius 1 is 1.14 bits per heavy atom. The number of hydrogen-bond acceptors (Lipinski definition) is 3. The first-order chi connectivity index (χ1) is 10.5. The Kier molecular flexibility index (Phi) is 13.1. The van der Waals surface area contributed by atoms with E-state index in [4.69, 9.17) is 4.74 Å². The quantitative estimate of drug-likeness (QED) is 0.465. The van der Waals surface area contributed by atoms with E-state index in [1.807, 2.05) is 11.8 Å². The molecule has 0 unspecified atom stereocenters. The molecule has 0 atom stereocenters. The fourth-order valence-corrected chi connectivity index (χ4v) is 3.36. The fraction of sp³-hybridized carbons (Fsp3) is 0.944. The highest BCUT2D eigenvalue weighted by Crippen LogP contribution is 2.32. The molecule has 0 aromatic carbocycles. The van der Waals surface area contributed by atoms with Crippen molar-refractivity contribution in [1.29, 1.82) is 0 Å². The van der Waals surface area contributed by atoms with Crippen molar-refractivity contribution in [1.82, 2.24) is 5.32 Å². The molecule has 132 valence electrons.